The lowest BCUT2D eigenvalue weighted by Crippen LogP contribution is -2.16. The maximum absolute atomic E-state index is 12.2. The Morgan fingerprint density at radius 1 is 1.26 bits per heavy atom. The van der Waals surface area contributed by atoms with Gasteiger partial charge in [-0.15, -0.1) is 11.3 Å². The predicted octanol–water partition coefficient (Wildman–Crippen LogP) is 3.15. The molecule has 1 aromatic carbocycles. The second kappa shape index (κ2) is 6.41. The van der Waals surface area contributed by atoms with Gasteiger partial charge in [0.05, 0.1) is 17.7 Å². The van der Waals surface area contributed by atoms with Crippen molar-refractivity contribution in [3.8, 4) is 0 Å². The summed E-state index contributed by atoms with van der Waals surface area (Å²) in [6.07, 6.45) is 1.61. The molecule has 3 rings (SSSR count). The number of nitrogens with one attached hydrogen (secondary N) is 1. The average molecular weight is 328 g/mol. The van der Waals surface area contributed by atoms with E-state index in [2.05, 4.69) is 10.4 Å². The van der Waals surface area contributed by atoms with Crippen molar-refractivity contribution in [2.45, 2.75) is 6.54 Å². The van der Waals surface area contributed by atoms with E-state index in [-0.39, 0.29) is 11.6 Å². The summed E-state index contributed by atoms with van der Waals surface area (Å²) in [6.45, 7) is 0.570. The molecule has 0 aliphatic carbocycles. The molecule has 0 saturated carbocycles. The van der Waals surface area contributed by atoms with Gasteiger partial charge in [0.25, 0.3) is 11.6 Å². The van der Waals surface area contributed by atoms with Crippen LogP contribution in [0.5, 0.6) is 0 Å². The summed E-state index contributed by atoms with van der Waals surface area (Å²) >= 11 is 1.61. The first-order valence-electron chi connectivity index (χ1n) is 6.73. The molecule has 0 bridgehead atoms. The number of thiophene rings is 1. The lowest BCUT2D eigenvalue weighted by atomic mass is 10.2. The Kier molecular flexibility index (Phi) is 4.15. The molecule has 0 aliphatic rings. The molecule has 7 nitrogen and oxygen atoms in total. The predicted molar refractivity (Wildman–Crippen MR) is 86.7 cm³/mol. The van der Waals surface area contributed by atoms with E-state index in [9.17, 15) is 14.9 Å². The second-order valence-corrected chi connectivity index (χ2v) is 5.74. The molecular formula is C15H12N4O3S. The van der Waals surface area contributed by atoms with Crippen LogP contribution in [0, 0.1) is 10.1 Å². The summed E-state index contributed by atoms with van der Waals surface area (Å²) in [7, 11) is 0. The maximum atomic E-state index is 12.2. The van der Waals surface area contributed by atoms with Crippen molar-refractivity contribution >= 4 is 28.7 Å². The number of aromatic nitrogens is 2. The molecular weight excluding hydrogens is 316 g/mol. The van der Waals surface area contributed by atoms with Crippen LogP contribution in [0.4, 0.5) is 11.5 Å². The van der Waals surface area contributed by atoms with Crippen molar-refractivity contribution in [2.24, 2.45) is 0 Å². The zero-order valence-electron chi connectivity index (χ0n) is 11.9. The number of carbonyl (C=O) groups is 1. The van der Waals surface area contributed by atoms with Gasteiger partial charge >= 0.3 is 0 Å². The minimum atomic E-state index is -0.502. The molecule has 0 spiro atoms. The standard InChI is InChI=1S/C15H12N4O3S/c20-15(11-3-5-12(6-4-11)19(21)22)17-14-7-8-16-18(14)10-13-2-1-9-23-13/h1-9H,10H2,(H,17,20). The normalized spacial score (nSPS) is 10.4. The quantitative estimate of drug-likeness (QED) is 0.575. The first-order chi connectivity index (χ1) is 11.1. The van der Waals surface area contributed by atoms with Gasteiger partial charge in [-0.05, 0) is 23.6 Å². The van der Waals surface area contributed by atoms with E-state index in [1.807, 2.05) is 17.5 Å². The van der Waals surface area contributed by atoms with Crippen LogP contribution in [0.25, 0.3) is 0 Å². The fourth-order valence-electron chi connectivity index (χ4n) is 2.04. The monoisotopic (exact) mass is 328 g/mol. The van der Waals surface area contributed by atoms with Crippen LogP contribution in [0.1, 0.15) is 15.2 Å². The Morgan fingerprint density at radius 2 is 2.04 bits per heavy atom. The summed E-state index contributed by atoms with van der Waals surface area (Å²) in [6, 6.07) is 11.1. The number of nitro groups is 1. The van der Waals surface area contributed by atoms with Crippen LogP contribution in [-0.2, 0) is 6.54 Å². The van der Waals surface area contributed by atoms with E-state index < -0.39 is 4.92 Å². The fourth-order valence-corrected chi connectivity index (χ4v) is 2.72. The third-order valence-corrected chi connectivity index (χ3v) is 4.05. The number of nitro benzene ring substituents is 1. The third-order valence-electron chi connectivity index (χ3n) is 3.18. The molecule has 1 N–H and O–H groups in total. The van der Waals surface area contributed by atoms with E-state index in [0.717, 1.165) is 4.88 Å². The highest BCUT2D eigenvalue weighted by molar-refractivity contribution is 7.09. The van der Waals surface area contributed by atoms with Gasteiger partial charge in [-0.1, -0.05) is 6.07 Å². The van der Waals surface area contributed by atoms with E-state index in [0.29, 0.717) is 17.9 Å². The number of nitrogens with zero attached hydrogens (tertiary/aromatic N) is 3. The molecule has 1 amide bonds. The second-order valence-electron chi connectivity index (χ2n) is 4.71. The number of non-ortho nitro benzene ring substituents is 1. The summed E-state index contributed by atoms with van der Waals surface area (Å²) in [5.74, 6) is 0.231. The van der Waals surface area contributed by atoms with E-state index in [1.165, 1.54) is 24.3 Å². The van der Waals surface area contributed by atoms with Crippen LogP contribution < -0.4 is 5.32 Å². The number of rotatable bonds is 5. The van der Waals surface area contributed by atoms with Crippen molar-refractivity contribution in [1.29, 1.82) is 0 Å². The van der Waals surface area contributed by atoms with Gasteiger partial charge in [0.15, 0.2) is 0 Å². The first-order valence-corrected chi connectivity index (χ1v) is 7.61. The molecule has 0 atom stereocenters. The van der Waals surface area contributed by atoms with Gasteiger partial charge in [-0.2, -0.15) is 5.10 Å². The Balaban J connectivity index is 1.73. The average Bonchev–Trinajstić information content (AvgIpc) is 3.20. The van der Waals surface area contributed by atoms with E-state index >= 15 is 0 Å². The summed E-state index contributed by atoms with van der Waals surface area (Å²) < 4.78 is 1.69. The Bertz CT molecular complexity index is 825. The van der Waals surface area contributed by atoms with Crippen molar-refractivity contribution in [3.63, 3.8) is 0 Å². The van der Waals surface area contributed by atoms with Crippen LogP contribution >= 0.6 is 11.3 Å². The number of anilines is 1. The van der Waals surface area contributed by atoms with E-state index in [1.54, 1.807) is 28.3 Å². The minimum absolute atomic E-state index is 0.0516. The molecule has 2 heterocycles. The number of hydrogen-bond donors (Lipinski definition) is 1. The van der Waals surface area contributed by atoms with Crippen LogP contribution in [-0.4, -0.2) is 20.6 Å². The SMILES string of the molecule is O=C(Nc1ccnn1Cc1cccs1)c1ccc([N+](=O)[O-])cc1. The minimum Gasteiger partial charge on any atom is -0.307 e. The summed E-state index contributed by atoms with van der Waals surface area (Å²) in [4.78, 5) is 23.5. The molecule has 0 fully saturated rings. The van der Waals surface area contributed by atoms with Crippen LogP contribution in [0.2, 0.25) is 0 Å². The lowest BCUT2D eigenvalue weighted by Gasteiger charge is -2.08. The molecule has 3 aromatic rings. The third kappa shape index (κ3) is 3.43. The zero-order chi connectivity index (χ0) is 16.2. The Labute approximate surface area is 135 Å². The van der Waals surface area contributed by atoms with Gasteiger partial charge < -0.3 is 5.32 Å². The molecule has 0 aliphatic heterocycles. The topological polar surface area (TPSA) is 90.1 Å². The van der Waals surface area contributed by atoms with Crippen molar-refractivity contribution in [2.75, 3.05) is 5.32 Å². The lowest BCUT2D eigenvalue weighted by molar-refractivity contribution is -0.384. The smallest absolute Gasteiger partial charge is 0.269 e. The highest BCUT2D eigenvalue weighted by Crippen LogP contribution is 2.16. The van der Waals surface area contributed by atoms with Crippen LogP contribution in [0.3, 0.4) is 0 Å². The molecule has 0 radical (unpaired) electrons. The highest BCUT2D eigenvalue weighted by atomic mass is 32.1. The first kappa shape index (κ1) is 14.9. The van der Waals surface area contributed by atoms with Gasteiger partial charge in [0, 0.05) is 28.6 Å². The van der Waals surface area contributed by atoms with Gasteiger partial charge in [-0.25, -0.2) is 4.68 Å². The van der Waals surface area contributed by atoms with Crippen molar-refractivity contribution in [3.05, 3.63) is 74.6 Å². The number of benzene rings is 1. The molecule has 8 heteroatoms. The van der Waals surface area contributed by atoms with Gasteiger partial charge in [0.1, 0.15) is 5.82 Å². The van der Waals surface area contributed by atoms with Gasteiger partial charge in [0.2, 0.25) is 0 Å². The summed E-state index contributed by atoms with van der Waals surface area (Å²) in [5.41, 5.74) is 0.295. The molecule has 2 aromatic heterocycles. The number of amides is 1. The summed E-state index contributed by atoms with van der Waals surface area (Å²) in [5, 5.41) is 19.6. The van der Waals surface area contributed by atoms with Crippen LogP contribution in [0.15, 0.2) is 54.0 Å². The zero-order valence-corrected chi connectivity index (χ0v) is 12.7. The van der Waals surface area contributed by atoms with Gasteiger partial charge in [-0.3, -0.25) is 14.9 Å². The largest absolute Gasteiger partial charge is 0.307 e. The highest BCUT2D eigenvalue weighted by Gasteiger charge is 2.12. The molecule has 23 heavy (non-hydrogen) atoms. The Morgan fingerprint density at radius 3 is 2.70 bits per heavy atom. The fraction of sp³-hybridized carbons (Fsp3) is 0.0667. The van der Waals surface area contributed by atoms with Crippen molar-refractivity contribution < 1.29 is 9.72 Å². The Hall–Kier alpha value is -3.00. The van der Waals surface area contributed by atoms with E-state index in [4.69, 9.17) is 0 Å². The maximum Gasteiger partial charge on any atom is 0.269 e. The number of hydrogen-bond acceptors (Lipinski definition) is 5. The molecule has 0 saturated heterocycles. The number of carbonyl (C=O) groups excluding carboxylic acids is 1. The molecule has 0 unspecified atom stereocenters. The van der Waals surface area contributed by atoms with Crippen molar-refractivity contribution in [1.82, 2.24) is 9.78 Å². The molecule has 116 valence electrons.